The van der Waals surface area contributed by atoms with E-state index in [1.54, 1.807) is 7.11 Å². The Hall–Kier alpha value is -1.06. The summed E-state index contributed by atoms with van der Waals surface area (Å²) in [6, 6.07) is 8.20. The maximum Gasteiger partial charge on any atom is 0.123 e. The molecule has 1 aliphatic heterocycles. The van der Waals surface area contributed by atoms with Gasteiger partial charge >= 0.3 is 0 Å². The second kappa shape index (κ2) is 4.44. The maximum absolute atomic E-state index is 6.02. The molecule has 16 heavy (non-hydrogen) atoms. The zero-order valence-corrected chi connectivity index (χ0v) is 10.1. The van der Waals surface area contributed by atoms with Crippen molar-refractivity contribution in [2.45, 2.75) is 18.4 Å². The molecule has 0 amide bonds. The van der Waals surface area contributed by atoms with Gasteiger partial charge in [-0.25, -0.2) is 0 Å². The van der Waals surface area contributed by atoms with Crippen molar-refractivity contribution in [1.82, 2.24) is 4.90 Å². The van der Waals surface area contributed by atoms with Gasteiger partial charge in [-0.2, -0.15) is 0 Å². The highest BCUT2D eigenvalue weighted by Gasteiger charge is 2.40. The molecule has 2 N–H and O–H groups in total. The van der Waals surface area contributed by atoms with Crippen molar-refractivity contribution in [2.75, 3.05) is 27.2 Å². The molecule has 1 unspecified atom stereocenters. The van der Waals surface area contributed by atoms with Gasteiger partial charge in [-0.3, -0.25) is 4.90 Å². The zero-order chi connectivity index (χ0) is 11.6. The third-order valence-corrected chi connectivity index (χ3v) is 3.76. The predicted octanol–water partition coefficient (Wildman–Crippen LogP) is 1.57. The molecule has 1 aliphatic rings. The molecule has 0 aromatic heterocycles. The molecule has 2 rings (SSSR count). The quantitative estimate of drug-likeness (QED) is 0.840. The summed E-state index contributed by atoms with van der Waals surface area (Å²) in [5.41, 5.74) is 7.20. The molecule has 1 saturated heterocycles. The number of hydrogen-bond donors (Lipinski definition) is 1. The van der Waals surface area contributed by atoms with Gasteiger partial charge in [-0.05, 0) is 32.5 Å². The van der Waals surface area contributed by atoms with E-state index in [1.165, 1.54) is 12.0 Å². The Morgan fingerprint density at radius 3 is 2.75 bits per heavy atom. The molecule has 0 radical (unpaired) electrons. The number of rotatable bonds is 3. The first-order valence-corrected chi connectivity index (χ1v) is 5.79. The number of likely N-dealkylation sites (tertiary alicyclic amines) is 1. The van der Waals surface area contributed by atoms with Crippen LogP contribution >= 0.6 is 0 Å². The SMILES string of the molecule is COc1ccccc1C1(CN)CCCN1C. The minimum absolute atomic E-state index is 0.0351. The molecule has 0 bridgehead atoms. The second-order valence-electron chi connectivity index (χ2n) is 4.46. The smallest absolute Gasteiger partial charge is 0.123 e. The van der Waals surface area contributed by atoms with Crippen LogP contribution in [-0.2, 0) is 5.54 Å². The molecule has 0 saturated carbocycles. The summed E-state index contributed by atoms with van der Waals surface area (Å²) >= 11 is 0. The molecule has 1 heterocycles. The van der Waals surface area contributed by atoms with Crippen molar-refractivity contribution in [3.63, 3.8) is 0 Å². The minimum Gasteiger partial charge on any atom is -0.496 e. The molecule has 1 aromatic rings. The Labute approximate surface area is 97.2 Å². The van der Waals surface area contributed by atoms with Crippen LogP contribution in [0.1, 0.15) is 18.4 Å². The van der Waals surface area contributed by atoms with E-state index in [2.05, 4.69) is 24.1 Å². The highest BCUT2D eigenvalue weighted by atomic mass is 16.5. The molecule has 88 valence electrons. The van der Waals surface area contributed by atoms with Crippen LogP contribution in [0.5, 0.6) is 5.75 Å². The first kappa shape index (κ1) is 11.4. The average molecular weight is 220 g/mol. The van der Waals surface area contributed by atoms with Gasteiger partial charge in [-0.15, -0.1) is 0 Å². The lowest BCUT2D eigenvalue weighted by Crippen LogP contribution is -2.45. The van der Waals surface area contributed by atoms with E-state index in [4.69, 9.17) is 10.5 Å². The standard InChI is InChI=1S/C13H20N2O/c1-15-9-5-8-13(15,10-14)11-6-3-4-7-12(11)16-2/h3-4,6-7H,5,8-10,14H2,1-2H3. The number of hydrogen-bond acceptors (Lipinski definition) is 3. The number of para-hydroxylation sites is 1. The largest absolute Gasteiger partial charge is 0.496 e. The molecular weight excluding hydrogens is 200 g/mol. The van der Waals surface area contributed by atoms with E-state index in [0.29, 0.717) is 6.54 Å². The van der Waals surface area contributed by atoms with Gasteiger partial charge in [0.1, 0.15) is 5.75 Å². The first-order valence-electron chi connectivity index (χ1n) is 5.79. The van der Waals surface area contributed by atoms with Crippen molar-refractivity contribution in [2.24, 2.45) is 5.73 Å². The lowest BCUT2D eigenvalue weighted by molar-refractivity contribution is 0.177. The van der Waals surface area contributed by atoms with Crippen molar-refractivity contribution in [1.29, 1.82) is 0 Å². The maximum atomic E-state index is 6.02. The van der Waals surface area contributed by atoms with Gasteiger partial charge in [0.2, 0.25) is 0 Å². The monoisotopic (exact) mass is 220 g/mol. The topological polar surface area (TPSA) is 38.5 Å². The summed E-state index contributed by atoms with van der Waals surface area (Å²) in [6.07, 6.45) is 2.31. The van der Waals surface area contributed by atoms with Gasteiger partial charge in [-0.1, -0.05) is 18.2 Å². The highest BCUT2D eigenvalue weighted by Crippen LogP contribution is 2.40. The Balaban J connectivity index is 2.47. The summed E-state index contributed by atoms with van der Waals surface area (Å²) in [5.74, 6) is 0.946. The number of nitrogens with two attached hydrogens (primary N) is 1. The Morgan fingerprint density at radius 2 is 2.19 bits per heavy atom. The summed E-state index contributed by atoms with van der Waals surface area (Å²) in [4.78, 5) is 2.35. The van der Waals surface area contributed by atoms with E-state index in [0.717, 1.165) is 18.7 Å². The van der Waals surface area contributed by atoms with Gasteiger partial charge in [0.15, 0.2) is 0 Å². The third kappa shape index (κ3) is 1.60. The van der Waals surface area contributed by atoms with E-state index in [-0.39, 0.29) is 5.54 Å². The lowest BCUT2D eigenvalue weighted by atomic mass is 9.87. The van der Waals surface area contributed by atoms with Crippen molar-refractivity contribution < 1.29 is 4.74 Å². The van der Waals surface area contributed by atoms with Gasteiger partial charge < -0.3 is 10.5 Å². The fraction of sp³-hybridized carbons (Fsp3) is 0.538. The molecule has 1 fully saturated rings. The van der Waals surface area contributed by atoms with Crippen LogP contribution in [0.15, 0.2) is 24.3 Å². The van der Waals surface area contributed by atoms with Crippen LogP contribution in [0, 0.1) is 0 Å². The van der Waals surface area contributed by atoms with Gasteiger partial charge in [0.05, 0.1) is 12.6 Å². The summed E-state index contributed by atoms with van der Waals surface area (Å²) in [7, 11) is 3.87. The van der Waals surface area contributed by atoms with Crippen LogP contribution in [0.2, 0.25) is 0 Å². The van der Waals surface area contributed by atoms with Crippen molar-refractivity contribution in [3.8, 4) is 5.75 Å². The second-order valence-corrected chi connectivity index (χ2v) is 4.46. The number of benzene rings is 1. The fourth-order valence-electron chi connectivity index (χ4n) is 2.75. The number of likely N-dealkylation sites (N-methyl/N-ethyl adjacent to an activating group) is 1. The van der Waals surface area contributed by atoms with Crippen LogP contribution in [0.25, 0.3) is 0 Å². The average Bonchev–Trinajstić information content (AvgIpc) is 2.71. The molecule has 3 heteroatoms. The normalized spacial score (nSPS) is 25.9. The zero-order valence-electron chi connectivity index (χ0n) is 10.1. The Morgan fingerprint density at radius 1 is 1.44 bits per heavy atom. The number of nitrogens with zero attached hydrogens (tertiary/aromatic N) is 1. The van der Waals surface area contributed by atoms with E-state index >= 15 is 0 Å². The number of ether oxygens (including phenoxy) is 1. The summed E-state index contributed by atoms with van der Waals surface area (Å²) in [5, 5.41) is 0. The third-order valence-electron chi connectivity index (χ3n) is 3.76. The van der Waals surface area contributed by atoms with Crippen LogP contribution in [0.4, 0.5) is 0 Å². The van der Waals surface area contributed by atoms with Crippen molar-refractivity contribution in [3.05, 3.63) is 29.8 Å². The number of methoxy groups -OCH3 is 1. The molecule has 1 atom stereocenters. The van der Waals surface area contributed by atoms with E-state index in [9.17, 15) is 0 Å². The van der Waals surface area contributed by atoms with Gasteiger partial charge in [0.25, 0.3) is 0 Å². The van der Waals surface area contributed by atoms with Crippen LogP contribution < -0.4 is 10.5 Å². The predicted molar refractivity (Wildman–Crippen MR) is 65.6 cm³/mol. The van der Waals surface area contributed by atoms with Crippen LogP contribution in [0.3, 0.4) is 0 Å². The summed E-state index contributed by atoms with van der Waals surface area (Å²) in [6.45, 7) is 1.75. The van der Waals surface area contributed by atoms with Gasteiger partial charge in [0, 0.05) is 12.1 Å². The first-order chi connectivity index (χ1) is 7.74. The molecule has 1 aromatic carbocycles. The Bertz CT molecular complexity index is 367. The molecule has 0 aliphatic carbocycles. The van der Waals surface area contributed by atoms with Crippen molar-refractivity contribution >= 4 is 0 Å². The minimum atomic E-state index is -0.0351. The molecule has 0 spiro atoms. The van der Waals surface area contributed by atoms with E-state index < -0.39 is 0 Å². The molecule has 3 nitrogen and oxygen atoms in total. The molecular formula is C13H20N2O. The Kier molecular flexibility index (Phi) is 3.17. The van der Waals surface area contributed by atoms with E-state index in [1.807, 2.05) is 12.1 Å². The van der Waals surface area contributed by atoms with Crippen LogP contribution in [-0.4, -0.2) is 32.1 Å². The highest BCUT2D eigenvalue weighted by molar-refractivity contribution is 5.40. The fourth-order valence-corrected chi connectivity index (χ4v) is 2.75. The lowest BCUT2D eigenvalue weighted by Gasteiger charge is -2.36. The summed E-state index contributed by atoms with van der Waals surface area (Å²) < 4.78 is 5.45.